The Kier molecular flexibility index (Phi) is 9.05. The van der Waals surface area contributed by atoms with Crippen molar-refractivity contribution < 1.29 is 66.0 Å². The molecule has 140 valence electrons. The van der Waals surface area contributed by atoms with Crippen LogP contribution in [0.2, 0.25) is 10.0 Å². The Morgan fingerprint density at radius 3 is 2.11 bits per heavy atom. The molecular weight excluding hydrogens is 410 g/mol. The third-order valence-corrected chi connectivity index (χ3v) is 5.01. The van der Waals surface area contributed by atoms with Gasteiger partial charge in [-0.3, -0.25) is 4.79 Å². The molecule has 0 N–H and O–H groups in total. The van der Waals surface area contributed by atoms with Crippen molar-refractivity contribution in [3.05, 3.63) is 63.1 Å². The summed E-state index contributed by atoms with van der Waals surface area (Å²) >= 11 is 12.5. The molecule has 0 amide bonds. The van der Waals surface area contributed by atoms with Crippen molar-refractivity contribution in [3.8, 4) is 5.75 Å². The molecule has 27 heavy (non-hydrogen) atoms. The smallest absolute Gasteiger partial charge is 0.850 e. The number of benzene rings is 2. The van der Waals surface area contributed by atoms with Crippen LogP contribution in [0.3, 0.4) is 0 Å². The minimum atomic E-state index is -0.750. The number of ketones is 1. The molecule has 1 aliphatic rings. The molecule has 0 spiro atoms. The molecule has 1 atom stereocenters. The molecule has 2 aromatic rings. The quantitative estimate of drug-likeness (QED) is 0.680. The Morgan fingerprint density at radius 2 is 1.63 bits per heavy atom. The molecule has 0 heterocycles. The Labute approximate surface area is 213 Å². The van der Waals surface area contributed by atoms with Crippen LogP contribution in [0.25, 0.3) is 0 Å². The first-order chi connectivity index (χ1) is 12.0. The molecule has 0 aliphatic heterocycles. The predicted molar refractivity (Wildman–Crippen MR) is 105 cm³/mol. The van der Waals surface area contributed by atoms with Crippen molar-refractivity contribution in [2.45, 2.75) is 45.1 Å². The van der Waals surface area contributed by atoms with Crippen LogP contribution in [-0.4, -0.2) is 18.5 Å². The van der Waals surface area contributed by atoms with Gasteiger partial charge in [0.05, 0.1) is 17.5 Å². The molecule has 1 aliphatic carbocycles. The van der Waals surface area contributed by atoms with Gasteiger partial charge in [0.2, 0.25) is 0 Å². The van der Waals surface area contributed by atoms with Gasteiger partial charge in [0, 0.05) is 5.56 Å². The van der Waals surface area contributed by atoms with Gasteiger partial charge in [-0.25, -0.2) is 0 Å². The van der Waals surface area contributed by atoms with Crippen LogP contribution < -0.4 is 61.2 Å². The normalized spacial score (nSPS) is 18.1. The van der Waals surface area contributed by atoms with Gasteiger partial charge in [-0.15, -0.1) is 5.60 Å². The number of rotatable bonds is 2. The standard InChI is InChI=1S/C17H14Cl2O2.C4H9O.K/c1-17(11-6-4-3-5-7-11)9-10-8-12(21-2)14(18)15(19)13(10)16(17)20;1-4(2,3)5;/h3-8H,9H2,1-2H3;1-3H3;/q;-1;+1. The van der Waals surface area contributed by atoms with Crippen LogP contribution in [0.15, 0.2) is 36.4 Å². The Hall–Kier alpha value is 0.0864. The molecule has 3 nitrogen and oxygen atoms in total. The molecular formula is C21H23Cl2KO3. The van der Waals surface area contributed by atoms with Crippen molar-refractivity contribution in [2.75, 3.05) is 7.11 Å². The van der Waals surface area contributed by atoms with Gasteiger partial charge in [0.15, 0.2) is 5.78 Å². The van der Waals surface area contributed by atoms with Gasteiger partial charge in [-0.05, 0) is 30.5 Å². The molecule has 0 bridgehead atoms. The molecule has 0 radical (unpaired) electrons. The summed E-state index contributed by atoms with van der Waals surface area (Å²) in [4.78, 5) is 12.9. The topological polar surface area (TPSA) is 49.4 Å². The van der Waals surface area contributed by atoms with Gasteiger partial charge < -0.3 is 9.84 Å². The van der Waals surface area contributed by atoms with Crippen LogP contribution in [-0.2, 0) is 11.8 Å². The van der Waals surface area contributed by atoms with Crippen molar-refractivity contribution in [1.29, 1.82) is 0 Å². The van der Waals surface area contributed by atoms with E-state index in [0.29, 0.717) is 22.8 Å². The van der Waals surface area contributed by atoms with Gasteiger partial charge >= 0.3 is 51.4 Å². The number of halogens is 2. The van der Waals surface area contributed by atoms with E-state index in [1.54, 1.807) is 20.8 Å². The molecule has 1 unspecified atom stereocenters. The van der Waals surface area contributed by atoms with E-state index in [1.807, 2.05) is 43.3 Å². The molecule has 0 saturated heterocycles. The maximum atomic E-state index is 12.9. The maximum absolute atomic E-state index is 12.9. The SMILES string of the molecule is CC(C)(C)[O-].COc1cc2c(c(Cl)c1Cl)C(=O)C(C)(c1ccccc1)C2.[K+]. The van der Waals surface area contributed by atoms with E-state index in [2.05, 4.69) is 0 Å². The van der Waals surface area contributed by atoms with Crippen LogP contribution >= 0.6 is 23.2 Å². The number of hydrogen-bond donors (Lipinski definition) is 0. The summed E-state index contributed by atoms with van der Waals surface area (Å²) in [6.07, 6.45) is 0.596. The zero-order valence-corrected chi connectivity index (χ0v) is 21.3. The number of hydrogen-bond acceptors (Lipinski definition) is 3. The number of methoxy groups -OCH3 is 1. The second kappa shape index (κ2) is 9.73. The fourth-order valence-electron chi connectivity index (χ4n) is 2.96. The van der Waals surface area contributed by atoms with Crippen molar-refractivity contribution in [1.82, 2.24) is 0 Å². The van der Waals surface area contributed by atoms with Crippen LogP contribution in [0, 0.1) is 0 Å². The molecule has 3 rings (SSSR count). The summed E-state index contributed by atoms with van der Waals surface area (Å²) in [5.74, 6) is 0.517. The predicted octanol–water partition coefficient (Wildman–Crippen LogP) is 1.85. The van der Waals surface area contributed by atoms with E-state index < -0.39 is 11.0 Å². The number of ether oxygens (including phenoxy) is 1. The molecule has 2 aromatic carbocycles. The second-order valence-corrected chi connectivity index (χ2v) is 8.31. The summed E-state index contributed by atoms with van der Waals surface area (Å²) in [5, 5.41) is 10.7. The van der Waals surface area contributed by atoms with Crippen molar-refractivity contribution in [2.24, 2.45) is 0 Å². The summed E-state index contributed by atoms with van der Waals surface area (Å²) in [5.41, 5.74) is 1.03. The Balaban J connectivity index is 0.000000542. The maximum Gasteiger partial charge on any atom is 1.00 e. The van der Waals surface area contributed by atoms with Gasteiger partial charge in [-0.1, -0.05) is 74.3 Å². The summed E-state index contributed by atoms with van der Waals surface area (Å²) in [6.45, 7) is 6.84. The third-order valence-electron chi connectivity index (χ3n) is 4.16. The first-order valence-electron chi connectivity index (χ1n) is 8.34. The van der Waals surface area contributed by atoms with Crippen LogP contribution in [0.5, 0.6) is 5.75 Å². The van der Waals surface area contributed by atoms with Crippen LogP contribution in [0.4, 0.5) is 0 Å². The minimum absolute atomic E-state index is 0. The van der Waals surface area contributed by atoms with E-state index in [0.717, 1.165) is 11.1 Å². The summed E-state index contributed by atoms with van der Waals surface area (Å²) in [7, 11) is 1.54. The first kappa shape index (κ1) is 25.1. The van der Waals surface area contributed by atoms with E-state index in [1.165, 1.54) is 7.11 Å². The fraction of sp³-hybridized carbons (Fsp3) is 0.381. The minimum Gasteiger partial charge on any atom is -0.850 e. The van der Waals surface area contributed by atoms with Crippen molar-refractivity contribution >= 4 is 29.0 Å². The average Bonchev–Trinajstić information content (AvgIpc) is 2.82. The van der Waals surface area contributed by atoms with E-state index in [9.17, 15) is 9.90 Å². The largest absolute Gasteiger partial charge is 1.00 e. The van der Waals surface area contributed by atoms with Gasteiger partial charge in [0.25, 0.3) is 0 Å². The molecule has 0 aromatic heterocycles. The molecule has 0 fully saturated rings. The molecule has 0 saturated carbocycles. The van der Waals surface area contributed by atoms with E-state index in [-0.39, 0.29) is 62.2 Å². The number of Topliss-reactive ketones (excluding diaryl/α,β-unsaturated/α-hetero) is 1. The third kappa shape index (κ3) is 5.80. The second-order valence-electron chi connectivity index (χ2n) is 7.56. The summed E-state index contributed by atoms with van der Waals surface area (Å²) in [6, 6.07) is 11.6. The summed E-state index contributed by atoms with van der Waals surface area (Å²) < 4.78 is 5.23. The van der Waals surface area contributed by atoms with Crippen LogP contribution in [0.1, 0.15) is 49.2 Å². The number of fused-ring (bicyclic) bond motifs is 1. The van der Waals surface area contributed by atoms with E-state index >= 15 is 0 Å². The number of carbonyl (C=O) groups excluding carboxylic acids is 1. The molecule has 6 heteroatoms. The van der Waals surface area contributed by atoms with E-state index in [4.69, 9.17) is 27.9 Å². The number of carbonyl (C=O) groups is 1. The van der Waals surface area contributed by atoms with Crippen molar-refractivity contribution in [3.63, 3.8) is 0 Å². The van der Waals surface area contributed by atoms with Gasteiger partial charge in [0.1, 0.15) is 10.8 Å². The monoisotopic (exact) mass is 432 g/mol. The fourth-order valence-corrected chi connectivity index (χ4v) is 3.49. The zero-order valence-electron chi connectivity index (χ0n) is 16.7. The average molecular weight is 433 g/mol. The first-order valence-corrected chi connectivity index (χ1v) is 9.10. The Morgan fingerprint density at radius 1 is 1.11 bits per heavy atom. The van der Waals surface area contributed by atoms with Gasteiger partial charge in [-0.2, -0.15) is 0 Å². The zero-order chi connectivity index (χ0) is 19.7. The Bertz CT molecular complexity index is 810.